The Morgan fingerprint density at radius 1 is 0.788 bits per heavy atom. The topological polar surface area (TPSA) is 262 Å². The van der Waals surface area contributed by atoms with E-state index < -0.39 is 28.1 Å². The summed E-state index contributed by atoms with van der Waals surface area (Å²) in [4.78, 5) is 57.0. The van der Waals surface area contributed by atoms with Crippen LogP contribution in [0.2, 0.25) is 0 Å². The fourth-order valence-electron chi connectivity index (χ4n) is 6.43. The minimum Gasteiger partial charge on any atom is -1.00 e. The minimum atomic E-state index is -0.585. The predicted molar refractivity (Wildman–Crippen MR) is 243 cm³/mol. The Morgan fingerprint density at radius 2 is 1.26 bits per heavy atom. The Labute approximate surface area is 518 Å². The molecule has 0 saturated carbocycles. The third kappa shape index (κ3) is 21.6. The van der Waals surface area contributed by atoms with Crippen LogP contribution in [0.5, 0.6) is 11.5 Å². The fraction of sp³-hybridized carbons (Fsp3) is 0.372. The van der Waals surface area contributed by atoms with Crippen molar-refractivity contribution < 1.29 is 203 Å². The molecular formula is C43H56BrClCs2N4O15. The zero-order valence-corrected chi connectivity index (χ0v) is 51.0. The molecule has 0 amide bonds. The summed E-state index contributed by atoms with van der Waals surface area (Å²) in [5, 5.41) is 52.8. The molecule has 2 aliphatic heterocycles. The van der Waals surface area contributed by atoms with Gasteiger partial charge in [-0.25, -0.2) is 0 Å². The number of carbonyl (C=O) groups excluding carboxylic acids is 3. The van der Waals surface area contributed by atoms with Crippen molar-refractivity contribution in [3.63, 3.8) is 0 Å². The summed E-state index contributed by atoms with van der Waals surface area (Å²) >= 11 is 3.40. The summed E-state index contributed by atoms with van der Waals surface area (Å²) in [6, 6.07) is 23.4. The van der Waals surface area contributed by atoms with Crippen molar-refractivity contribution in [1.29, 1.82) is 0 Å². The first-order valence-corrected chi connectivity index (χ1v) is 19.5. The van der Waals surface area contributed by atoms with Gasteiger partial charge in [-0.05, 0) is 46.5 Å². The number of ether oxygens (including phenoxy) is 4. The molecule has 66 heavy (non-hydrogen) atoms. The average Bonchev–Trinajstić information content (AvgIpc) is 3.90. The molecular weight excluding hydrogens is 1190 g/mol. The van der Waals surface area contributed by atoms with Gasteiger partial charge in [0.1, 0.15) is 23.6 Å². The number of β-amino-alcohol motifs (C(OH)–C–C–N with tert-alkyl or cyclic N) is 2. The molecule has 0 bridgehead atoms. The largest absolute Gasteiger partial charge is 1.00 e. The Hall–Kier alpha value is -1.64. The second-order valence-electron chi connectivity index (χ2n) is 13.2. The van der Waals surface area contributed by atoms with E-state index in [1.54, 1.807) is 44.6 Å². The zero-order valence-electron chi connectivity index (χ0n) is 37.0. The summed E-state index contributed by atoms with van der Waals surface area (Å²) in [6.45, 7) is 1.11. The van der Waals surface area contributed by atoms with E-state index in [9.17, 15) is 34.9 Å². The maximum atomic E-state index is 12.0. The molecule has 2 saturated heterocycles. The van der Waals surface area contributed by atoms with Crippen molar-refractivity contribution in [1.82, 2.24) is 10.2 Å². The third-order valence-electron chi connectivity index (χ3n) is 9.29. The van der Waals surface area contributed by atoms with Crippen LogP contribution in [0, 0.1) is 20.2 Å². The number of nitro benzene ring substituents is 2. The molecule has 0 unspecified atom stereocenters. The summed E-state index contributed by atoms with van der Waals surface area (Å²) in [7, 11) is 5.80. The Balaban J connectivity index is -0.000000444. The first-order chi connectivity index (χ1) is 29.2. The number of likely N-dealkylation sites (tertiary alicyclic amines) is 1. The molecule has 354 valence electrons. The molecule has 2 aliphatic rings. The Bertz CT molecular complexity index is 2140. The molecule has 23 heteroatoms. The van der Waals surface area contributed by atoms with Gasteiger partial charge in [0.2, 0.25) is 0 Å². The Kier molecular flexibility index (Phi) is 37.8. The van der Waals surface area contributed by atoms with Gasteiger partial charge in [0.05, 0.1) is 50.5 Å². The van der Waals surface area contributed by atoms with Crippen LogP contribution in [0.25, 0.3) is 22.3 Å². The van der Waals surface area contributed by atoms with Crippen molar-refractivity contribution in [3.05, 3.63) is 116 Å². The van der Waals surface area contributed by atoms with Gasteiger partial charge < -0.3 is 46.0 Å². The number of nitro groups is 2. The monoisotopic (exact) mass is 1250 g/mol. The number of hydrogen-bond donors (Lipinski definition) is 3. The molecule has 0 spiro atoms. The summed E-state index contributed by atoms with van der Waals surface area (Å²) in [5.74, 6) is 0.626. The standard InChI is InChI=1S/C20H22N2O6.C14H12BrNO3.C6H11NO3.CH2O3.2CH4.ClH.2Cs.H/c1-27-19-7-6-13(11-21-12-16(23)10-18(21)20(24)28-2)8-17(19)14-4-3-5-15(9-14)22(25)26;1-19-14-6-5-10(9-15)7-13(14)11-3-2-4-12(8-11)16(17)18;1-10-6(9)5-2-4(8)3-7-5;2-1-4-3;;;;;;/h3-9,16,18,23H,10-12H2,1-2H3;2-8H,9H2,1H3;4-5,7-8H,2-3H2,1H3;1,3H;2*1H4;1H;;;/q;;;;;;;2*+1;-1/p-1/t16-,18+;;4-,5+;;;;;;;/m0.0......./s1. The molecule has 0 radical (unpaired) electrons. The van der Waals surface area contributed by atoms with Gasteiger partial charge >= 0.3 is 150 Å². The molecule has 2 heterocycles. The van der Waals surface area contributed by atoms with E-state index in [-0.39, 0.29) is 202 Å². The van der Waals surface area contributed by atoms with Crippen LogP contribution in [0.3, 0.4) is 0 Å². The van der Waals surface area contributed by atoms with Crippen LogP contribution in [-0.2, 0) is 40.6 Å². The van der Waals surface area contributed by atoms with Crippen LogP contribution < -0.4 is 158 Å². The second kappa shape index (κ2) is 36.3. The number of rotatable bonds is 12. The maximum Gasteiger partial charge on any atom is 1.00 e. The van der Waals surface area contributed by atoms with Crippen molar-refractivity contribution >= 4 is 58.1 Å². The average molecular weight is 1250 g/mol. The van der Waals surface area contributed by atoms with Gasteiger partial charge in [0.15, 0.2) is 0 Å². The Morgan fingerprint density at radius 3 is 1.65 bits per heavy atom. The molecule has 0 aliphatic carbocycles. The van der Waals surface area contributed by atoms with Crippen LogP contribution in [0.1, 0.15) is 40.2 Å². The number of esters is 2. The molecule has 4 aromatic carbocycles. The quantitative estimate of drug-likeness (QED) is 0.0410. The maximum absolute atomic E-state index is 12.0. The first-order valence-electron chi connectivity index (χ1n) is 18.3. The van der Waals surface area contributed by atoms with Crippen LogP contribution >= 0.6 is 28.3 Å². The number of hydrogen-bond acceptors (Lipinski definition) is 17. The number of carbonyl (C=O) groups is 3. The third-order valence-corrected chi connectivity index (χ3v) is 9.94. The van der Waals surface area contributed by atoms with Gasteiger partial charge in [-0.3, -0.25) is 39.5 Å². The summed E-state index contributed by atoms with van der Waals surface area (Å²) < 4.78 is 20.0. The van der Waals surface area contributed by atoms with E-state index in [1.807, 2.05) is 41.3 Å². The number of halogens is 2. The number of benzene rings is 4. The number of methoxy groups -OCH3 is 4. The SMILES string of the molecule is C.C.COC(=O)[C@H]1C[C@H](O)CN1.COC(=O)[C@H]1C[C@H](O)CN1Cc1ccc(OC)c(-c2cccc([N+](=O)[O-])c2)c1.COc1ccc(CBr)cc1-c1cccc([N+](=O)[O-])c1.Cl.O=CO[O-].[Cs+].[Cs+].[H-]. The predicted octanol–water partition coefficient (Wildman–Crippen LogP) is -0.325. The van der Waals surface area contributed by atoms with E-state index in [4.69, 9.17) is 29.4 Å². The first kappa shape index (κ1) is 68.6. The summed E-state index contributed by atoms with van der Waals surface area (Å²) in [6.07, 6.45) is -0.185. The van der Waals surface area contributed by atoms with Gasteiger partial charge in [-0.2, -0.15) is 0 Å². The van der Waals surface area contributed by atoms with E-state index >= 15 is 0 Å². The van der Waals surface area contributed by atoms with Crippen molar-refractivity contribution in [2.75, 3.05) is 41.5 Å². The molecule has 0 aromatic heterocycles. The smallest absolute Gasteiger partial charge is 1.00 e. The number of non-ortho nitro benzene ring substituents is 2. The van der Waals surface area contributed by atoms with Gasteiger partial charge in [0.25, 0.3) is 17.8 Å². The van der Waals surface area contributed by atoms with Gasteiger partial charge in [-0.15, -0.1) is 12.4 Å². The molecule has 3 N–H and O–H groups in total. The van der Waals surface area contributed by atoms with Gasteiger partial charge in [0, 0.05) is 73.2 Å². The fourth-order valence-corrected chi connectivity index (χ4v) is 6.77. The second-order valence-corrected chi connectivity index (χ2v) is 13.8. The molecule has 2 fully saturated rings. The molecule has 19 nitrogen and oxygen atoms in total. The number of aliphatic hydroxyl groups is 2. The van der Waals surface area contributed by atoms with Gasteiger partial charge in [-0.1, -0.05) is 67.2 Å². The number of nitrogens with one attached hydrogen (secondary N) is 1. The van der Waals surface area contributed by atoms with Crippen molar-refractivity contribution in [3.8, 4) is 33.8 Å². The van der Waals surface area contributed by atoms with Crippen molar-refractivity contribution in [2.24, 2.45) is 0 Å². The number of nitrogens with zero attached hydrogens (tertiary/aromatic N) is 3. The zero-order chi connectivity index (χ0) is 45.1. The molecule has 6 rings (SSSR count). The number of aliphatic hydroxyl groups excluding tert-OH is 2. The van der Waals surface area contributed by atoms with E-state index in [0.29, 0.717) is 49.5 Å². The summed E-state index contributed by atoms with van der Waals surface area (Å²) in [5.41, 5.74) is 5.06. The van der Waals surface area contributed by atoms with Crippen molar-refractivity contribution in [2.45, 2.75) is 63.9 Å². The van der Waals surface area contributed by atoms with Crippen LogP contribution in [-0.4, -0.2) is 109 Å². The van der Waals surface area contributed by atoms with E-state index in [1.165, 1.54) is 32.4 Å². The molecule has 4 aromatic rings. The van der Waals surface area contributed by atoms with Crippen LogP contribution in [0.15, 0.2) is 84.9 Å². The number of alkyl halides is 1. The molecule has 4 atom stereocenters. The van der Waals surface area contributed by atoms with E-state index in [0.717, 1.165) is 33.1 Å². The van der Waals surface area contributed by atoms with Crippen LogP contribution in [0.4, 0.5) is 11.4 Å². The normalized spacial score (nSPS) is 16.4. The minimum absolute atomic E-state index is 0. The van der Waals surface area contributed by atoms with E-state index in [2.05, 4.69) is 30.9 Å².